The Hall–Kier alpha value is -3.91. The third-order valence-electron chi connectivity index (χ3n) is 7.05. The number of benzene rings is 4. The number of fused-ring (bicyclic) bond motifs is 5. The van der Waals surface area contributed by atoms with E-state index in [0.717, 1.165) is 6.42 Å². The van der Waals surface area contributed by atoms with Crippen LogP contribution < -0.4 is 4.57 Å². The summed E-state index contributed by atoms with van der Waals surface area (Å²) in [6, 6.07) is 31.2. The molecule has 0 saturated carbocycles. The number of para-hydroxylation sites is 1. The first-order valence-corrected chi connectivity index (χ1v) is 11.2. The Morgan fingerprint density at radius 1 is 0.719 bits per heavy atom. The summed E-state index contributed by atoms with van der Waals surface area (Å²) >= 11 is 0. The summed E-state index contributed by atoms with van der Waals surface area (Å²) in [6.07, 6.45) is 3.15. The maximum absolute atomic E-state index is 2.51. The molecule has 0 bridgehead atoms. The van der Waals surface area contributed by atoms with Crippen molar-refractivity contribution in [1.29, 1.82) is 0 Å². The second kappa shape index (κ2) is 6.30. The number of nitrogens with zero attached hydrogens (tertiary/aromatic N) is 2. The molecule has 0 radical (unpaired) electrons. The molecule has 0 saturated heterocycles. The predicted octanol–water partition coefficient (Wildman–Crippen LogP) is 6.71. The molecule has 0 aliphatic heterocycles. The maximum Gasteiger partial charge on any atom is 0.224 e. The van der Waals surface area contributed by atoms with Crippen LogP contribution in [0.15, 0.2) is 91.1 Å². The van der Waals surface area contributed by atoms with Crippen molar-refractivity contribution in [3.63, 3.8) is 0 Å². The highest BCUT2D eigenvalue weighted by Gasteiger charge is 2.23. The van der Waals surface area contributed by atoms with Crippen molar-refractivity contribution in [3.05, 3.63) is 108 Å². The lowest BCUT2D eigenvalue weighted by atomic mass is 9.96. The van der Waals surface area contributed by atoms with Gasteiger partial charge >= 0.3 is 0 Å². The predicted molar refractivity (Wildman–Crippen MR) is 134 cm³/mol. The zero-order chi connectivity index (χ0) is 21.4. The molecule has 7 rings (SSSR count). The SMILES string of the molecule is Cc1ccc2c3ccccc3n3c4cc(Cc5ccccc5)cc5cc[n+](C)c(c1c23)c54. The molecule has 0 amide bonds. The lowest BCUT2D eigenvalue weighted by Gasteiger charge is -2.14. The van der Waals surface area contributed by atoms with E-state index in [-0.39, 0.29) is 0 Å². The van der Waals surface area contributed by atoms with Gasteiger partial charge in [0.1, 0.15) is 7.05 Å². The summed E-state index contributed by atoms with van der Waals surface area (Å²) in [5.74, 6) is 0. The summed E-state index contributed by atoms with van der Waals surface area (Å²) in [5, 5.41) is 6.66. The second-order valence-electron chi connectivity index (χ2n) is 9.02. The fourth-order valence-electron chi connectivity index (χ4n) is 5.66. The highest BCUT2D eigenvalue weighted by Crippen LogP contribution is 2.40. The van der Waals surface area contributed by atoms with E-state index in [1.807, 2.05) is 0 Å². The van der Waals surface area contributed by atoms with E-state index in [2.05, 4.69) is 114 Å². The summed E-state index contributed by atoms with van der Waals surface area (Å²) in [7, 11) is 2.17. The average molecular weight is 412 g/mol. The molecule has 0 N–H and O–H groups in total. The van der Waals surface area contributed by atoms with Gasteiger partial charge in [-0.3, -0.25) is 0 Å². The van der Waals surface area contributed by atoms with Gasteiger partial charge in [-0.1, -0.05) is 66.7 Å². The topological polar surface area (TPSA) is 8.29 Å². The van der Waals surface area contributed by atoms with E-state index < -0.39 is 0 Å². The first-order valence-electron chi connectivity index (χ1n) is 11.2. The van der Waals surface area contributed by atoms with Gasteiger partial charge in [-0.05, 0) is 47.6 Å². The van der Waals surface area contributed by atoms with E-state index in [4.69, 9.17) is 0 Å². The first kappa shape index (κ1) is 17.7. The molecule has 2 nitrogen and oxygen atoms in total. The molecule has 32 heavy (non-hydrogen) atoms. The van der Waals surface area contributed by atoms with Crippen LogP contribution >= 0.6 is 0 Å². The Morgan fingerprint density at radius 2 is 1.53 bits per heavy atom. The molecule has 0 aliphatic rings. The molecule has 0 unspecified atom stereocenters. The Kier molecular flexibility index (Phi) is 3.49. The normalized spacial score (nSPS) is 12.2. The fourth-order valence-corrected chi connectivity index (χ4v) is 5.66. The Morgan fingerprint density at radius 3 is 2.41 bits per heavy atom. The monoisotopic (exact) mass is 411 g/mol. The van der Waals surface area contributed by atoms with Crippen LogP contribution in [0.4, 0.5) is 0 Å². The Balaban J connectivity index is 1.74. The molecule has 152 valence electrons. The van der Waals surface area contributed by atoms with Crippen LogP contribution in [-0.4, -0.2) is 4.40 Å². The molecule has 0 fully saturated rings. The van der Waals surface area contributed by atoms with Gasteiger partial charge in [0, 0.05) is 16.8 Å². The molecule has 4 aromatic carbocycles. The van der Waals surface area contributed by atoms with Gasteiger partial charge < -0.3 is 4.40 Å². The fraction of sp³-hybridized carbons (Fsp3) is 0.100. The van der Waals surface area contributed by atoms with E-state index in [1.54, 1.807) is 0 Å². The van der Waals surface area contributed by atoms with E-state index in [1.165, 1.54) is 65.7 Å². The van der Waals surface area contributed by atoms with Crippen LogP contribution in [0.2, 0.25) is 0 Å². The Labute approximate surface area is 186 Å². The number of pyridine rings is 2. The molecule has 3 aromatic heterocycles. The van der Waals surface area contributed by atoms with Crippen LogP contribution in [0, 0.1) is 6.92 Å². The minimum Gasteiger partial charge on any atom is -0.307 e. The average Bonchev–Trinajstić information content (AvgIpc) is 3.15. The summed E-state index contributed by atoms with van der Waals surface area (Å²) < 4.78 is 4.81. The summed E-state index contributed by atoms with van der Waals surface area (Å²) in [4.78, 5) is 0. The molecule has 0 spiro atoms. The van der Waals surface area contributed by atoms with Crippen molar-refractivity contribution in [2.75, 3.05) is 0 Å². The minimum absolute atomic E-state index is 0.934. The van der Waals surface area contributed by atoms with Gasteiger partial charge in [0.25, 0.3) is 0 Å². The van der Waals surface area contributed by atoms with Crippen LogP contribution in [0.3, 0.4) is 0 Å². The largest absolute Gasteiger partial charge is 0.307 e. The third-order valence-corrected chi connectivity index (χ3v) is 7.05. The molecule has 0 aliphatic carbocycles. The molecular formula is C30H23N2+. The Bertz CT molecular complexity index is 1810. The number of aryl methyl sites for hydroxylation is 2. The van der Waals surface area contributed by atoms with Crippen LogP contribution in [-0.2, 0) is 13.5 Å². The summed E-state index contributed by atoms with van der Waals surface area (Å²) in [5.41, 5.74) is 9.24. The molecule has 2 heteroatoms. The van der Waals surface area contributed by atoms with Crippen molar-refractivity contribution < 1.29 is 4.57 Å². The number of aromatic nitrogens is 2. The molecule has 7 aromatic rings. The quantitative estimate of drug-likeness (QED) is 0.170. The zero-order valence-electron chi connectivity index (χ0n) is 18.3. The van der Waals surface area contributed by atoms with Crippen LogP contribution in [0.5, 0.6) is 0 Å². The lowest BCUT2D eigenvalue weighted by molar-refractivity contribution is -0.643. The molecule has 3 heterocycles. The second-order valence-corrected chi connectivity index (χ2v) is 9.02. The van der Waals surface area contributed by atoms with Gasteiger partial charge in [0.2, 0.25) is 5.52 Å². The minimum atomic E-state index is 0.934. The van der Waals surface area contributed by atoms with E-state index >= 15 is 0 Å². The van der Waals surface area contributed by atoms with Crippen molar-refractivity contribution >= 4 is 49.0 Å². The van der Waals surface area contributed by atoms with Gasteiger partial charge in [-0.15, -0.1) is 0 Å². The van der Waals surface area contributed by atoms with Gasteiger partial charge in [0.15, 0.2) is 6.20 Å². The van der Waals surface area contributed by atoms with Crippen LogP contribution in [0.1, 0.15) is 16.7 Å². The summed E-state index contributed by atoms with van der Waals surface area (Å²) in [6.45, 7) is 2.24. The van der Waals surface area contributed by atoms with Gasteiger partial charge in [-0.25, -0.2) is 4.57 Å². The molecular weight excluding hydrogens is 388 g/mol. The van der Waals surface area contributed by atoms with Crippen LogP contribution in [0.25, 0.3) is 49.0 Å². The van der Waals surface area contributed by atoms with Crippen molar-refractivity contribution in [2.24, 2.45) is 7.05 Å². The van der Waals surface area contributed by atoms with Gasteiger partial charge in [0.05, 0.1) is 27.3 Å². The van der Waals surface area contributed by atoms with Crippen molar-refractivity contribution in [2.45, 2.75) is 13.3 Å². The number of rotatable bonds is 2. The smallest absolute Gasteiger partial charge is 0.224 e. The standard InChI is InChI=1S/C30H23N2/c1-19-12-13-24-23-10-6-7-11-25(23)32-26-18-21(16-20-8-4-3-5-9-20)17-22-14-15-31(2)30(28(22)26)27(19)29(24)32/h3-15,17-18H,16H2,1-2H3/q+1. The van der Waals surface area contributed by atoms with E-state index in [9.17, 15) is 0 Å². The number of hydrogen-bond donors (Lipinski definition) is 0. The lowest BCUT2D eigenvalue weighted by Crippen LogP contribution is -2.29. The maximum atomic E-state index is 2.51. The zero-order valence-corrected chi connectivity index (χ0v) is 18.3. The van der Waals surface area contributed by atoms with E-state index in [0.29, 0.717) is 0 Å². The van der Waals surface area contributed by atoms with Crippen molar-refractivity contribution in [1.82, 2.24) is 4.40 Å². The number of hydrogen-bond acceptors (Lipinski definition) is 0. The first-order chi connectivity index (χ1) is 15.7. The highest BCUT2D eigenvalue weighted by atomic mass is 14.9. The van der Waals surface area contributed by atoms with Gasteiger partial charge in [-0.2, -0.15) is 0 Å². The third kappa shape index (κ3) is 2.27. The van der Waals surface area contributed by atoms with Crippen molar-refractivity contribution in [3.8, 4) is 0 Å². The highest BCUT2D eigenvalue weighted by molar-refractivity contribution is 6.25. The molecule has 0 atom stereocenters.